The molecule has 0 aliphatic carbocycles. The molecular weight excluding hydrogens is 409 g/mol. The molecule has 3 aromatic carbocycles. The Morgan fingerprint density at radius 3 is 2.53 bits per heavy atom. The van der Waals surface area contributed by atoms with Gasteiger partial charge in [-0.3, -0.25) is 9.69 Å². The lowest BCUT2D eigenvalue weighted by Gasteiger charge is -2.23. The Kier molecular flexibility index (Phi) is 5.95. The van der Waals surface area contributed by atoms with Crippen molar-refractivity contribution in [3.8, 4) is 11.1 Å². The highest BCUT2D eigenvalue weighted by molar-refractivity contribution is 5.75. The Labute approximate surface area is 186 Å². The van der Waals surface area contributed by atoms with E-state index in [0.717, 1.165) is 22.3 Å². The van der Waals surface area contributed by atoms with Crippen molar-refractivity contribution in [3.05, 3.63) is 94.8 Å². The summed E-state index contributed by atoms with van der Waals surface area (Å²) in [6, 6.07) is 19.8. The monoisotopic (exact) mass is 433 g/mol. The molecule has 1 heterocycles. The third kappa shape index (κ3) is 4.35. The van der Waals surface area contributed by atoms with Gasteiger partial charge < -0.3 is 9.84 Å². The zero-order valence-corrected chi connectivity index (χ0v) is 17.9. The van der Waals surface area contributed by atoms with E-state index in [0.29, 0.717) is 12.1 Å². The van der Waals surface area contributed by atoms with Crippen molar-refractivity contribution in [2.75, 3.05) is 0 Å². The Balaban J connectivity index is 1.66. The first-order chi connectivity index (χ1) is 15.3. The summed E-state index contributed by atoms with van der Waals surface area (Å²) < 4.78 is 19.8. The standard InChI is InChI=1S/C26H24FNO4/c1-16-8-10-22(19-9-11-23(27)20(13-19)14-24(29)30)21(12-16)15-28-17(2)25(32-26(28)31)18-6-4-3-5-7-18/h3-13,17,25H,14-15H2,1-2H3,(H,29,30)/t17-,25-/m0/s1. The van der Waals surface area contributed by atoms with Gasteiger partial charge in [-0.25, -0.2) is 9.18 Å². The molecule has 0 aromatic heterocycles. The maximum atomic E-state index is 14.1. The summed E-state index contributed by atoms with van der Waals surface area (Å²) in [6.07, 6.45) is -1.14. The largest absolute Gasteiger partial charge is 0.481 e. The predicted molar refractivity (Wildman–Crippen MR) is 119 cm³/mol. The van der Waals surface area contributed by atoms with E-state index in [-0.39, 0.29) is 23.8 Å². The van der Waals surface area contributed by atoms with E-state index in [1.54, 1.807) is 17.0 Å². The number of carboxylic acid groups (broad SMARTS) is 1. The first kappa shape index (κ1) is 21.6. The van der Waals surface area contributed by atoms with E-state index < -0.39 is 18.2 Å². The molecule has 0 saturated carbocycles. The van der Waals surface area contributed by atoms with E-state index >= 15 is 0 Å². The predicted octanol–water partition coefficient (Wildman–Crippen LogP) is 5.51. The summed E-state index contributed by atoms with van der Waals surface area (Å²) in [6.45, 7) is 4.25. The minimum absolute atomic E-state index is 0.125. The summed E-state index contributed by atoms with van der Waals surface area (Å²) in [7, 11) is 0. The zero-order valence-electron chi connectivity index (χ0n) is 17.9. The van der Waals surface area contributed by atoms with Crippen LogP contribution >= 0.6 is 0 Å². The normalized spacial score (nSPS) is 18.0. The van der Waals surface area contributed by atoms with Crippen LogP contribution in [-0.2, 0) is 22.5 Å². The van der Waals surface area contributed by atoms with E-state index in [4.69, 9.17) is 9.84 Å². The number of hydrogen-bond acceptors (Lipinski definition) is 3. The number of halogens is 1. The van der Waals surface area contributed by atoms with Gasteiger partial charge in [0.25, 0.3) is 0 Å². The van der Waals surface area contributed by atoms with Crippen molar-refractivity contribution in [3.63, 3.8) is 0 Å². The number of benzene rings is 3. The van der Waals surface area contributed by atoms with Gasteiger partial charge in [0.1, 0.15) is 11.9 Å². The molecule has 6 heteroatoms. The number of rotatable bonds is 6. The lowest BCUT2D eigenvalue weighted by Crippen LogP contribution is -2.31. The Bertz CT molecular complexity index is 1160. The number of hydrogen-bond donors (Lipinski definition) is 1. The molecule has 0 bridgehead atoms. The molecule has 5 nitrogen and oxygen atoms in total. The van der Waals surface area contributed by atoms with Crippen molar-refractivity contribution >= 4 is 12.1 Å². The number of amides is 1. The Hall–Kier alpha value is -3.67. The average Bonchev–Trinajstić information content (AvgIpc) is 3.04. The minimum Gasteiger partial charge on any atom is -0.481 e. The van der Waals surface area contributed by atoms with E-state index in [9.17, 15) is 14.0 Å². The van der Waals surface area contributed by atoms with Crippen molar-refractivity contribution < 1.29 is 23.8 Å². The number of aryl methyl sites for hydroxylation is 1. The van der Waals surface area contributed by atoms with Crippen LogP contribution in [0.3, 0.4) is 0 Å². The number of carbonyl (C=O) groups is 2. The topological polar surface area (TPSA) is 66.8 Å². The molecule has 1 saturated heterocycles. The molecule has 3 aromatic rings. The Morgan fingerprint density at radius 1 is 1.06 bits per heavy atom. The molecule has 1 aliphatic rings. The lowest BCUT2D eigenvalue weighted by molar-refractivity contribution is -0.136. The quantitative estimate of drug-likeness (QED) is 0.557. The van der Waals surface area contributed by atoms with Crippen LogP contribution in [0.2, 0.25) is 0 Å². The second-order valence-corrected chi connectivity index (χ2v) is 8.12. The fourth-order valence-corrected chi connectivity index (χ4v) is 4.16. The van der Waals surface area contributed by atoms with Crippen LogP contribution in [0, 0.1) is 12.7 Å². The number of carboxylic acids is 1. The van der Waals surface area contributed by atoms with E-state index in [1.165, 1.54) is 6.07 Å². The first-order valence-corrected chi connectivity index (χ1v) is 10.5. The summed E-state index contributed by atoms with van der Waals surface area (Å²) in [5, 5.41) is 9.09. The van der Waals surface area contributed by atoms with Crippen LogP contribution in [0.25, 0.3) is 11.1 Å². The van der Waals surface area contributed by atoms with Gasteiger partial charge in [0.05, 0.1) is 19.0 Å². The molecule has 1 amide bonds. The van der Waals surface area contributed by atoms with Crippen molar-refractivity contribution in [1.29, 1.82) is 0 Å². The van der Waals surface area contributed by atoms with Crippen LogP contribution < -0.4 is 0 Å². The third-order valence-electron chi connectivity index (χ3n) is 5.82. The molecular formula is C26H24FNO4. The van der Waals surface area contributed by atoms with Gasteiger partial charge >= 0.3 is 12.1 Å². The van der Waals surface area contributed by atoms with Gasteiger partial charge in [-0.05, 0) is 53.8 Å². The summed E-state index contributed by atoms with van der Waals surface area (Å²) in [5.74, 6) is -1.64. The number of ether oxygens (including phenoxy) is 1. The van der Waals surface area contributed by atoms with Crippen molar-refractivity contribution in [2.24, 2.45) is 0 Å². The SMILES string of the molecule is Cc1ccc(-c2ccc(F)c(CC(=O)O)c2)c(CN2C(=O)O[C@H](c3ccccc3)[C@@H]2C)c1. The second-order valence-electron chi connectivity index (χ2n) is 8.12. The number of carbonyl (C=O) groups excluding carboxylic acids is 1. The molecule has 164 valence electrons. The molecule has 0 spiro atoms. The first-order valence-electron chi connectivity index (χ1n) is 10.5. The molecule has 32 heavy (non-hydrogen) atoms. The molecule has 2 atom stereocenters. The minimum atomic E-state index is -1.09. The highest BCUT2D eigenvalue weighted by Gasteiger charge is 2.39. The fraction of sp³-hybridized carbons (Fsp3) is 0.231. The number of cyclic esters (lactones) is 1. The molecule has 1 aliphatic heterocycles. The molecule has 1 fully saturated rings. The highest BCUT2D eigenvalue weighted by Crippen LogP contribution is 2.35. The lowest BCUT2D eigenvalue weighted by atomic mass is 9.95. The van der Waals surface area contributed by atoms with Gasteiger partial charge in [-0.15, -0.1) is 0 Å². The highest BCUT2D eigenvalue weighted by atomic mass is 19.1. The summed E-state index contributed by atoms with van der Waals surface area (Å²) in [4.78, 5) is 25.5. The Morgan fingerprint density at radius 2 is 1.81 bits per heavy atom. The molecule has 0 radical (unpaired) electrons. The molecule has 0 unspecified atom stereocenters. The zero-order chi connectivity index (χ0) is 22.8. The van der Waals surface area contributed by atoms with Crippen LogP contribution in [0.15, 0.2) is 66.7 Å². The van der Waals surface area contributed by atoms with E-state index in [2.05, 4.69) is 0 Å². The van der Waals surface area contributed by atoms with Crippen LogP contribution in [0.4, 0.5) is 9.18 Å². The van der Waals surface area contributed by atoms with E-state index in [1.807, 2.05) is 62.4 Å². The van der Waals surface area contributed by atoms with Gasteiger partial charge in [0.15, 0.2) is 0 Å². The molecule has 4 rings (SSSR count). The number of aliphatic carboxylic acids is 1. The van der Waals surface area contributed by atoms with Crippen LogP contribution in [0.1, 0.15) is 35.3 Å². The van der Waals surface area contributed by atoms with Crippen LogP contribution in [0.5, 0.6) is 0 Å². The molecule has 1 N–H and O–H groups in total. The van der Waals surface area contributed by atoms with Gasteiger partial charge in [0, 0.05) is 0 Å². The fourth-order valence-electron chi connectivity index (χ4n) is 4.16. The van der Waals surface area contributed by atoms with Crippen molar-refractivity contribution in [1.82, 2.24) is 4.90 Å². The van der Waals surface area contributed by atoms with Gasteiger partial charge in [-0.1, -0.05) is 60.2 Å². The second kappa shape index (κ2) is 8.83. The average molecular weight is 433 g/mol. The van der Waals surface area contributed by atoms with Gasteiger partial charge in [-0.2, -0.15) is 0 Å². The third-order valence-corrected chi connectivity index (χ3v) is 5.82. The van der Waals surface area contributed by atoms with Gasteiger partial charge in [0.2, 0.25) is 0 Å². The van der Waals surface area contributed by atoms with Crippen molar-refractivity contribution in [2.45, 2.75) is 39.0 Å². The maximum absolute atomic E-state index is 14.1. The smallest absolute Gasteiger partial charge is 0.411 e. The number of nitrogens with zero attached hydrogens (tertiary/aromatic N) is 1. The summed E-state index contributed by atoms with van der Waals surface area (Å²) in [5.41, 5.74) is 4.51. The van der Waals surface area contributed by atoms with Crippen LogP contribution in [-0.4, -0.2) is 28.1 Å². The summed E-state index contributed by atoms with van der Waals surface area (Å²) >= 11 is 0. The maximum Gasteiger partial charge on any atom is 0.411 e.